The molecule has 0 aromatic heterocycles. The summed E-state index contributed by atoms with van der Waals surface area (Å²) in [6.07, 6.45) is 3.86. The van der Waals surface area contributed by atoms with E-state index in [1.165, 1.54) is 0 Å². The number of nitrogens with zero attached hydrogens (tertiary/aromatic N) is 1. The lowest BCUT2D eigenvalue weighted by Gasteiger charge is -2.40. The van der Waals surface area contributed by atoms with Crippen LogP contribution in [0.4, 0.5) is 0 Å². The molecule has 2 heterocycles. The van der Waals surface area contributed by atoms with E-state index in [9.17, 15) is 19.5 Å². The maximum absolute atomic E-state index is 12.7. The first-order valence-corrected chi connectivity index (χ1v) is 7.21. The van der Waals surface area contributed by atoms with Gasteiger partial charge in [-0.05, 0) is 12.8 Å². The second kappa shape index (κ2) is 4.55. The number of rotatable bonds is 2. The van der Waals surface area contributed by atoms with Crippen molar-refractivity contribution in [1.82, 2.24) is 4.90 Å². The van der Waals surface area contributed by atoms with Crippen LogP contribution in [0.15, 0.2) is 0 Å². The Balaban J connectivity index is 1.97. The van der Waals surface area contributed by atoms with Crippen molar-refractivity contribution < 1.29 is 24.2 Å². The van der Waals surface area contributed by atoms with E-state index in [2.05, 4.69) is 0 Å². The molecule has 110 valence electrons. The fraction of sp³-hybridized carbons (Fsp3) is 0.786. The van der Waals surface area contributed by atoms with E-state index >= 15 is 0 Å². The summed E-state index contributed by atoms with van der Waals surface area (Å²) in [7, 11) is 0. The topological polar surface area (TPSA) is 83.9 Å². The molecule has 0 atom stereocenters. The van der Waals surface area contributed by atoms with E-state index in [0.29, 0.717) is 12.8 Å². The van der Waals surface area contributed by atoms with Gasteiger partial charge in [0.15, 0.2) is 5.54 Å². The number of imide groups is 1. The molecule has 1 N–H and O–H groups in total. The maximum Gasteiger partial charge on any atom is 0.330 e. The molecule has 0 unspecified atom stereocenters. The van der Waals surface area contributed by atoms with Crippen LogP contribution in [-0.2, 0) is 19.1 Å². The van der Waals surface area contributed by atoms with E-state index < -0.39 is 16.9 Å². The van der Waals surface area contributed by atoms with Crippen LogP contribution in [-0.4, -0.2) is 46.5 Å². The molecule has 3 aliphatic rings. The molecule has 6 nitrogen and oxygen atoms in total. The van der Waals surface area contributed by atoms with Gasteiger partial charge >= 0.3 is 5.97 Å². The largest absolute Gasteiger partial charge is 0.479 e. The molecule has 0 radical (unpaired) electrons. The first kappa shape index (κ1) is 13.5. The minimum atomic E-state index is -1.39. The number of aliphatic carboxylic acids is 1. The first-order chi connectivity index (χ1) is 9.52. The summed E-state index contributed by atoms with van der Waals surface area (Å²) in [6.45, 7) is 0.548. The summed E-state index contributed by atoms with van der Waals surface area (Å²) < 4.78 is 5.21. The highest BCUT2D eigenvalue weighted by Crippen LogP contribution is 2.49. The Morgan fingerprint density at radius 3 is 2.25 bits per heavy atom. The average Bonchev–Trinajstić information content (AvgIpc) is 2.98. The van der Waals surface area contributed by atoms with Gasteiger partial charge in [0.2, 0.25) is 11.8 Å². The third-order valence-corrected chi connectivity index (χ3v) is 5.10. The third-order valence-electron chi connectivity index (χ3n) is 5.10. The normalized spacial score (nSPS) is 28.3. The molecule has 20 heavy (non-hydrogen) atoms. The molecule has 3 fully saturated rings. The quantitative estimate of drug-likeness (QED) is 0.761. The summed E-state index contributed by atoms with van der Waals surface area (Å²) in [6, 6.07) is 0. The van der Waals surface area contributed by atoms with Gasteiger partial charge in [0.05, 0.1) is 5.41 Å². The summed E-state index contributed by atoms with van der Waals surface area (Å²) >= 11 is 0. The van der Waals surface area contributed by atoms with Gasteiger partial charge < -0.3 is 9.84 Å². The number of hydrogen-bond donors (Lipinski definition) is 1. The van der Waals surface area contributed by atoms with E-state index in [0.717, 1.165) is 17.7 Å². The van der Waals surface area contributed by atoms with E-state index in [-0.39, 0.29) is 44.3 Å². The fourth-order valence-electron chi connectivity index (χ4n) is 3.91. The molecule has 1 aliphatic carbocycles. The second-order valence-electron chi connectivity index (χ2n) is 6.15. The van der Waals surface area contributed by atoms with E-state index in [1.807, 2.05) is 0 Å². The van der Waals surface area contributed by atoms with Gasteiger partial charge in [-0.1, -0.05) is 12.8 Å². The minimum Gasteiger partial charge on any atom is -0.479 e. The number of hydrogen-bond acceptors (Lipinski definition) is 4. The molecule has 2 aliphatic heterocycles. The standard InChI is InChI=1S/C14H19NO5/c16-10-9-13(3-1-2-4-13)11(17)15(10)14(12(18)19)5-7-20-8-6-14/h1-9H2,(H,18,19). The average molecular weight is 281 g/mol. The monoisotopic (exact) mass is 281 g/mol. The van der Waals surface area contributed by atoms with Crippen LogP contribution >= 0.6 is 0 Å². The van der Waals surface area contributed by atoms with Crippen LogP contribution in [0.3, 0.4) is 0 Å². The van der Waals surface area contributed by atoms with Crippen molar-refractivity contribution in [1.29, 1.82) is 0 Å². The molecule has 1 saturated carbocycles. The van der Waals surface area contributed by atoms with Crippen molar-refractivity contribution in [2.75, 3.05) is 13.2 Å². The van der Waals surface area contributed by atoms with Gasteiger partial charge in [0, 0.05) is 32.5 Å². The molecule has 2 amide bonds. The predicted molar refractivity (Wildman–Crippen MR) is 67.8 cm³/mol. The van der Waals surface area contributed by atoms with Crippen LogP contribution in [0.2, 0.25) is 0 Å². The van der Waals surface area contributed by atoms with Gasteiger partial charge in [-0.2, -0.15) is 0 Å². The van der Waals surface area contributed by atoms with Crippen LogP contribution in [0.25, 0.3) is 0 Å². The molecule has 6 heteroatoms. The van der Waals surface area contributed by atoms with E-state index in [1.54, 1.807) is 0 Å². The highest BCUT2D eigenvalue weighted by molar-refractivity contribution is 6.09. The number of likely N-dealkylation sites (tertiary alicyclic amines) is 1. The lowest BCUT2D eigenvalue weighted by atomic mass is 9.83. The highest BCUT2D eigenvalue weighted by atomic mass is 16.5. The molecular formula is C14H19NO5. The van der Waals surface area contributed by atoms with Crippen molar-refractivity contribution in [2.45, 2.75) is 50.5 Å². The van der Waals surface area contributed by atoms with Crippen molar-refractivity contribution in [3.8, 4) is 0 Å². The van der Waals surface area contributed by atoms with Crippen LogP contribution < -0.4 is 0 Å². The molecule has 1 spiro atoms. The Kier molecular flexibility index (Phi) is 3.08. The summed E-state index contributed by atoms with van der Waals surface area (Å²) in [5, 5.41) is 9.61. The van der Waals surface area contributed by atoms with Gasteiger partial charge in [-0.15, -0.1) is 0 Å². The third kappa shape index (κ3) is 1.70. The fourth-order valence-corrected chi connectivity index (χ4v) is 3.91. The van der Waals surface area contributed by atoms with Crippen LogP contribution in [0, 0.1) is 5.41 Å². The highest BCUT2D eigenvalue weighted by Gasteiger charge is 2.61. The number of ether oxygens (including phenoxy) is 1. The lowest BCUT2D eigenvalue weighted by Crippen LogP contribution is -2.60. The summed E-state index contributed by atoms with van der Waals surface area (Å²) in [4.78, 5) is 37.9. The summed E-state index contributed by atoms with van der Waals surface area (Å²) in [5.41, 5.74) is -2.00. The Hall–Kier alpha value is -1.43. The van der Waals surface area contributed by atoms with Gasteiger partial charge in [-0.25, -0.2) is 4.79 Å². The molecule has 0 aromatic carbocycles. The number of carbonyl (C=O) groups is 3. The zero-order chi connectivity index (χ0) is 14.4. The van der Waals surface area contributed by atoms with Crippen molar-refractivity contribution in [3.05, 3.63) is 0 Å². The molecule has 0 bridgehead atoms. The zero-order valence-electron chi connectivity index (χ0n) is 11.4. The Morgan fingerprint density at radius 2 is 1.70 bits per heavy atom. The number of carbonyl (C=O) groups excluding carboxylic acids is 2. The Bertz CT molecular complexity index is 460. The van der Waals surface area contributed by atoms with Crippen molar-refractivity contribution in [3.63, 3.8) is 0 Å². The summed E-state index contributed by atoms with van der Waals surface area (Å²) in [5.74, 6) is -1.66. The zero-order valence-corrected chi connectivity index (χ0v) is 11.4. The number of carboxylic acid groups (broad SMARTS) is 1. The van der Waals surface area contributed by atoms with Gasteiger partial charge in [0.1, 0.15) is 0 Å². The van der Waals surface area contributed by atoms with Crippen LogP contribution in [0.5, 0.6) is 0 Å². The van der Waals surface area contributed by atoms with Crippen LogP contribution in [0.1, 0.15) is 44.9 Å². The van der Waals surface area contributed by atoms with Crippen molar-refractivity contribution >= 4 is 17.8 Å². The Labute approximate surface area is 117 Å². The molecule has 0 aromatic rings. The maximum atomic E-state index is 12.7. The minimum absolute atomic E-state index is 0.182. The predicted octanol–water partition coefficient (Wildman–Crippen LogP) is 0.939. The SMILES string of the molecule is O=C1CC2(CCCC2)C(=O)N1C1(C(=O)O)CCOCC1. The molecular weight excluding hydrogens is 262 g/mol. The Morgan fingerprint density at radius 1 is 1.10 bits per heavy atom. The van der Waals surface area contributed by atoms with E-state index in [4.69, 9.17) is 4.74 Å². The molecule has 2 saturated heterocycles. The van der Waals surface area contributed by atoms with Gasteiger partial charge in [0.25, 0.3) is 0 Å². The second-order valence-corrected chi connectivity index (χ2v) is 6.15. The number of amides is 2. The number of carboxylic acids is 1. The lowest BCUT2D eigenvalue weighted by molar-refractivity contribution is -0.170. The van der Waals surface area contributed by atoms with Gasteiger partial charge in [-0.3, -0.25) is 14.5 Å². The molecule has 3 rings (SSSR count). The van der Waals surface area contributed by atoms with Crippen molar-refractivity contribution in [2.24, 2.45) is 5.41 Å². The first-order valence-electron chi connectivity index (χ1n) is 7.21. The smallest absolute Gasteiger partial charge is 0.330 e.